The predicted molar refractivity (Wildman–Crippen MR) is 83.3 cm³/mol. The Labute approximate surface area is 124 Å². The van der Waals surface area contributed by atoms with E-state index in [0.29, 0.717) is 17.7 Å². The van der Waals surface area contributed by atoms with E-state index in [1.807, 2.05) is 0 Å². The van der Waals surface area contributed by atoms with Gasteiger partial charge in [-0.2, -0.15) is 11.8 Å². The van der Waals surface area contributed by atoms with Crippen LogP contribution in [0.4, 0.5) is 5.69 Å². The smallest absolute Gasteiger partial charge is 0.307 e. The zero-order valence-electron chi connectivity index (χ0n) is 11.7. The first-order valence-corrected chi connectivity index (χ1v) is 7.96. The quantitative estimate of drug-likeness (QED) is 0.687. The van der Waals surface area contributed by atoms with Crippen LogP contribution in [-0.2, 0) is 16.0 Å². The Morgan fingerprint density at radius 2 is 2.00 bits per heavy atom. The first kappa shape index (κ1) is 16.6. The average molecular weight is 295 g/mol. The van der Waals surface area contributed by atoms with Gasteiger partial charge in [0.25, 0.3) is 0 Å². The van der Waals surface area contributed by atoms with E-state index in [4.69, 9.17) is 5.11 Å². The number of hydrogen-bond donors (Lipinski definition) is 2. The maximum Gasteiger partial charge on any atom is 0.307 e. The number of para-hydroxylation sites is 1. The number of thioether (sulfide) groups is 1. The fourth-order valence-corrected chi connectivity index (χ4v) is 2.71. The largest absolute Gasteiger partial charge is 0.481 e. The second kappa shape index (κ2) is 9.42. The Kier molecular flexibility index (Phi) is 7.80. The van der Waals surface area contributed by atoms with Crippen molar-refractivity contribution in [2.75, 3.05) is 16.8 Å². The average Bonchev–Trinajstić information content (AvgIpc) is 2.40. The molecule has 0 saturated carbocycles. The summed E-state index contributed by atoms with van der Waals surface area (Å²) in [7, 11) is 0. The SMILES string of the molecule is CCCCSCCC(=O)Nc1ccccc1CC(=O)O. The van der Waals surface area contributed by atoms with E-state index >= 15 is 0 Å². The topological polar surface area (TPSA) is 66.4 Å². The Bertz CT molecular complexity index is 448. The van der Waals surface area contributed by atoms with Crippen molar-refractivity contribution in [2.45, 2.75) is 32.6 Å². The number of amides is 1. The number of carboxylic acid groups (broad SMARTS) is 1. The van der Waals surface area contributed by atoms with Gasteiger partial charge in [0.15, 0.2) is 0 Å². The maximum absolute atomic E-state index is 11.8. The van der Waals surface area contributed by atoms with Crippen molar-refractivity contribution < 1.29 is 14.7 Å². The lowest BCUT2D eigenvalue weighted by Gasteiger charge is -2.09. The molecule has 0 heterocycles. The number of carboxylic acids is 1. The molecule has 0 bridgehead atoms. The highest BCUT2D eigenvalue weighted by molar-refractivity contribution is 7.99. The van der Waals surface area contributed by atoms with Crippen LogP contribution < -0.4 is 5.32 Å². The van der Waals surface area contributed by atoms with Gasteiger partial charge in [-0.15, -0.1) is 0 Å². The minimum Gasteiger partial charge on any atom is -0.481 e. The first-order valence-electron chi connectivity index (χ1n) is 6.80. The van der Waals surface area contributed by atoms with E-state index in [-0.39, 0.29) is 12.3 Å². The lowest BCUT2D eigenvalue weighted by atomic mass is 10.1. The molecule has 0 saturated heterocycles. The fourth-order valence-electron chi connectivity index (χ4n) is 1.69. The van der Waals surface area contributed by atoms with Gasteiger partial charge in [0.1, 0.15) is 0 Å². The Morgan fingerprint density at radius 1 is 1.25 bits per heavy atom. The molecule has 0 atom stereocenters. The number of hydrogen-bond acceptors (Lipinski definition) is 3. The molecule has 0 aliphatic heterocycles. The van der Waals surface area contributed by atoms with E-state index in [9.17, 15) is 9.59 Å². The van der Waals surface area contributed by atoms with Crippen molar-refractivity contribution >= 4 is 29.3 Å². The molecule has 1 rings (SSSR count). The van der Waals surface area contributed by atoms with Crippen LogP contribution in [0.3, 0.4) is 0 Å². The van der Waals surface area contributed by atoms with E-state index in [0.717, 1.165) is 11.5 Å². The molecule has 0 spiro atoms. The molecule has 20 heavy (non-hydrogen) atoms. The van der Waals surface area contributed by atoms with Crippen LogP contribution in [0.25, 0.3) is 0 Å². The molecule has 0 radical (unpaired) electrons. The van der Waals surface area contributed by atoms with Crippen LogP contribution in [0.15, 0.2) is 24.3 Å². The third kappa shape index (κ3) is 6.61. The van der Waals surface area contributed by atoms with Crippen LogP contribution in [0.5, 0.6) is 0 Å². The highest BCUT2D eigenvalue weighted by Gasteiger charge is 2.09. The van der Waals surface area contributed by atoms with E-state index < -0.39 is 5.97 Å². The number of benzene rings is 1. The molecule has 1 aromatic carbocycles. The molecular formula is C15H21NO3S. The fraction of sp³-hybridized carbons (Fsp3) is 0.467. The van der Waals surface area contributed by atoms with Crippen molar-refractivity contribution in [3.05, 3.63) is 29.8 Å². The lowest BCUT2D eigenvalue weighted by molar-refractivity contribution is -0.136. The minimum absolute atomic E-state index is 0.0631. The number of aliphatic carboxylic acids is 1. The van der Waals surface area contributed by atoms with Crippen molar-refractivity contribution in [1.82, 2.24) is 0 Å². The molecule has 2 N–H and O–H groups in total. The number of nitrogens with one attached hydrogen (secondary N) is 1. The molecule has 110 valence electrons. The summed E-state index contributed by atoms with van der Waals surface area (Å²) in [5.74, 6) is 0.917. The molecule has 0 aromatic heterocycles. The molecule has 4 nitrogen and oxygen atoms in total. The van der Waals surface area contributed by atoms with Crippen LogP contribution >= 0.6 is 11.8 Å². The van der Waals surface area contributed by atoms with Gasteiger partial charge in [0.2, 0.25) is 5.91 Å². The molecular weight excluding hydrogens is 274 g/mol. The highest BCUT2D eigenvalue weighted by atomic mass is 32.2. The molecule has 0 fully saturated rings. The zero-order chi connectivity index (χ0) is 14.8. The summed E-state index contributed by atoms with van der Waals surface area (Å²) in [6.45, 7) is 2.15. The Morgan fingerprint density at radius 3 is 2.70 bits per heavy atom. The summed E-state index contributed by atoms with van der Waals surface area (Å²) in [6.07, 6.45) is 2.72. The van der Waals surface area contributed by atoms with Gasteiger partial charge < -0.3 is 10.4 Å². The van der Waals surface area contributed by atoms with Crippen molar-refractivity contribution in [1.29, 1.82) is 0 Å². The van der Waals surface area contributed by atoms with Crippen molar-refractivity contribution in [2.24, 2.45) is 0 Å². The number of unbranched alkanes of at least 4 members (excludes halogenated alkanes) is 1. The normalized spacial score (nSPS) is 10.2. The zero-order valence-corrected chi connectivity index (χ0v) is 12.5. The number of carbonyl (C=O) groups is 2. The summed E-state index contributed by atoms with van der Waals surface area (Å²) in [4.78, 5) is 22.6. The van der Waals surface area contributed by atoms with Gasteiger partial charge >= 0.3 is 5.97 Å². The van der Waals surface area contributed by atoms with Gasteiger partial charge in [0, 0.05) is 17.9 Å². The molecule has 0 aliphatic rings. The van der Waals surface area contributed by atoms with E-state index in [1.165, 1.54) is 12.8 Å². The number of carbonyl (C=O) groups excluding carboxylic acids is 1. The predicted octanol–water partition coefficient (Wildman–Crippen LogP) is 3.18. The van der Waals surface area contributed by atoms with Crippen molar-refractivity contribution in [3.8, 4) is 0 Å². The number of anilines is 1. The summed E-state index contributed by atoms with van der Waals surface area (Å²) in [6, 6.07) is 7.02. The second-order valence-corrected chi connectivity index (χ2v) is 5.72. The van der Waals surface area contributed by atoms with Crippen LogP contribution in [0.1, 0.15) is 31.7 Å². The standard InChI is InChI=1S/C15H21NO3S/c1-2-3-9-20-10-8-14(17)16-13-7-5-4-6-12(13)11-15(18)19/h4-7H,2-3,8-11H2,1H3,(H,16,17)(H,18,19). The Balaban J connectivity index is 2.43. The summed E-state index contributed by atoms with van der Waals surface area (Å²) in [5, 5.41) is 11.6. The maximum atomic E-state index is 11.8. The minimum atomic E-state index is -0.901. The molecule has 1 amide bonds. The van der Waals surface area contributed by atoms with Gasteiger partial charge in [-0.1, -0.05) is 31.5 Å². The summed E-state index contributed by atoms with van der Waals surface area (Å²) in [5.41, 5.74) is 1.23. The van der Waals surface area contributed by atoms with Crippen LogP contribution in [0, 0.1) is 0 Å². The first-order chi connectivity index (χ1) is 9.63. The molecule has 0 aliphatic carbocycles. The highest BCUT2D eigenvalue weighted by Crippen LogP contribution is 2.16. The molecule has 1 aromatic rings. The van der Waals surface area contributed by atoms with Gasteiger partial charge in [-0.25, -0.2) is 0 Å². The van der Waals surface area contributed by atoms with E-state index in [1.54, 1.807) is 36.0 Å². The number of rotatable bonds is 9. The van der Waals surface area contributed by atoms with Crippen LogP contribution in [-0.4, -0.2) is 28.5 Å². The third-order valence-electron chi connectivity index (χ3n) is 2.75. The van der Waals surface area contributed by atoms with E-state index in [2.05, 4.69) is 12.2 Å². The van der Waals surface area contributed by atoms with Crippen molar-refractivity contribution in [3.63, 3.8) is 0 Å². The van der Waals surface area contributed by atoms with Gasteiger partial charge in [0.05, 0.1) is 6.42 Å². The third-order valence-corrected chi connectivity index (χ3v) is 3.82. The summed E-state index contributed by atoms with van der Waals surface area (Å²) < 4.78 is 0. The lowest BCUT2D eigenvalue weighted by Crippen LogP contribution is -2.14. The summed E-state index contributed by atoms with van der Waals surface area (Å²) >= 11 is 1.78. The van der Waals surface area contributed by atoms with Gasteiger partial charge in [-0.3, -0.25) is 9.59 Å². The molecule has 0 unspecified atom stereocenters. The van der Waals surface area contributed by atoms with Gasteiger partial charge in [-0.05, 0) is 23.8 Å². The van der Waals surface area contributed by atoms with Crippen LogP contribution in [0.2, 0.25) is 0 Å². The Hall–Kier alpha value is -1.49. The second-order valence-electron chi connectivity index (χ2n) is 4.49. The molecule has 5 heteroatoms. The monoisotopic (exact) mass is 295 g/mol.